The quantitative estimate of drug-likeness (QED) is 0.612. The minimum absolute atomic E-state index is 0.0516. The van der Waals surface area contributed by atoms with Crippen molar-refractivity contribution in [2.45, 2.75) is 30.6 Å². The fourth-order valence-corrected chi connectivity index (χ4v) is 6.95. The number of benzene rings is 1. The first-order valence-electron chi connectivity index (χ1n) is 10.4. The monoisotopic (exact) mass is 493 g/mol. The maximum atomic E-state index is 13.1. The van der Waals surface area contributed by atoms with Crippen LogP contribution in [0.5, 0.6) is 0 Å². The summed E-state index contributed by atoms with van der Waals surface area (Å²) in [6.45, 7) is 2.06. The third-order valence-electron chi connectivity index (χ3n) is 5.39. The van der Waals surface area contributed by atoms with Crippen LogP contribution in [-0.2, 0) is 24.8 Å². The first-order valence-corrected chi connectivity index (χ1v) is 13.8. The van der Waals surface area contributed by atoms with Gasteiger partial charge in [0.15, 0.2) is 0 Å². The molecular weight excluding hydrogens is 466 g/mol. The summed E-state index contributed by atoms with van der Waals surface area (Å²) in [6, 6.07) is 4.07. The number of nitrogens with zero attached hydrogens (tertiary/aromatic N) is 2. The van der Waals surface area contributed by atoms with Gasteiger partial charge in [0.2, 0.25) is 20.0 Å². The number of hydrogen-bond acceptors (Lipinski definition) is 6. The lowest BCUT2D eigenvalue weighted by Gasteiger charge is -2.26. The molecule has 0 unspecified atom stereocenters. The number of nitrogens with one attached hydrogen (secondary N) is 1. The number of ether oxygens (including phenoxy) is 1. The van der Waals surface area contributed by atoms with Gasteiger partial charge in [-0.1, -0.05) is 24.4 Å². The molecule has 0 spiro atoms. The molecule has 12 heteroatoms. The van der Waals surface area contributed by atoms with Crippen molar-refractivity contribution in [1.29, 1.82) is 0 Å². The number of carbonyl (C=O) groups excluding carboxylic acids is 1. The summed E-state index contributed by atoms with van der Waals surface area (Å²) in [5, 5.41) is 2.61. The summed E-state index contributed by atoms with van der Waals surface area (Å²) in [4.78, 5) is 12.4. The first-order chi connectivity index (χ1) is 14.7. The summed E-state index contributed by atoms with van der Waals surface area (Å²) < 4.78 is 58.8. The summed E-state index contributed by atoms with van der Waals surface area (Å²) in [7, 11) is -7.33. The van der Waals surface area contributed by atoms with Gasteiger partial charge in [0.25, 0.3) is 5.91 Å². The highest BCUT2D eigenvalue weighted by Gasteiger charge is 2.28. The molecule has 1 N–H and O–H groups in total. The van der Waals surface area contributed by atoms with E-state index in [0.29, 0.717) is 39.4 Å². The van der Waals surface area contributed by atoms with Crippen molar-refractivity contribution in [3.63, 3.8) is 0 Å². The second-order valence-corrected chi connectivity index (χ2v) is 11.9. The van der Waals surface area contributed by atoms with Crippen molar-refractivity contribution >= 4 is 37.6 Å². The molecule has 9 nitrogen and oxygen atoms in total. The molecule has 2 aliphatic heterocycles. The molecule has 2 aliphatic rings. The van der Waals surface area contributed by atoms with Crippen molar-refractivity contribution in [1.82, 2.24) is 13.9 Å². The summed E-state index contributed by atoms with van der Waals surface area (Å²) >= 11 is 6.16. The maximum absolute atomic E-state index is 13.1. The Morgan fingerprint density at radius 2 is 1.61 bits per heavy atom. The number of morpholine rings is 1. The van der Waals surface area contributed by atoms with Crippen LogP contribution < -0.4 is 5.32 Å². The lowest BCUT2D eigenvalue weighted by atomic mass is 10.2. The minimum Gasteiger partial charge on any atom is -0.379 e. The lowest BCUT2D eigenvalue weighted by molar-refractivity contribution is 0.0730. The second-order valence-electron chi connectivity index (χ2n) is 7.55. The van der Waals surface area contributed by atoms with Crippen LogP contribution >= 0.6 is 11.6 Å². The molecule has 174 valence electrons. The number of carbonyl (C=O) groups is 1. The molecule has 1 aromatic rings. The number of hydrogen-bond donors (Lipinski definition) is 1. The summed E-state index contributed by atoms with van der Waals surface area (Å²) in [5.74, 6) is -0.799. The van der Waals surface area contributed by atoms with Crippen LogP contribution in [0, 0.1) is 0 Å². The van der Waals surface area contributed by atoms with E-state index in [1.54, 1.807) is 0 Å². The highest BCUT2D eigenvalue weighted by Crippen LogP contribution is 2.27. The lowest BCUT2D eigenvalue weighted by Crippen LogP contribution is -2.43. The van der Waals surface area contributed by atoms with E-state index in [1.807, 2.05) is 0 Å². The maximum Gasteiger partial charge on any atom is 0.251 e. The molecule has 0 radical (unpaired) electrons. The van der Waals surface area contributed by atoms with Crippen molar-refractivity contribution in [3.05, 3.63) is 28.8 Å². The number of halogens is 1. The standard InChI is InChI=1S/C19H28ClN3O6S2/c20-17-6-5-16(15-18(17)31(27,28)23-8-3-1-2-4-9-23)19(24)21-7-14-30(25,26)22-10-12-29-13-11-22/h5-6,15H,1-4,7-14H2,(H,21,24). The van der Waals surface area contributed by atoms with Gasteiger partial charge in [-0.3, -0.25) is 4.79 Å². The van der Waals surface area contributed by atoms with E-state index in [-0.39, 0.29) is 27.8 Å². The van der Waals surface area contributed by atoms with Crippen molar-refractivity contribution in [2.75, 3.05) is 51.7 Å². The van der Waals surface area contributed by atoms with Gasteiger partial charge in [-0.2, -0.15) is 8.61 Å². The zero-order valence-electron chi connectivity index (χ0n) is 17.3. The van der Waals surface area contributed by atoms with E-state index in [1.165, 1.54) is 26.8 Å². The van der Waals surface area contributed by atoms with Crippen LogP contribution in [0.15, 0.2) is 23.1 Å². The molecule has 0 atom stereocenters. The van der Waals surface area contributed by atoms with Gasteiger partial charge >= 0.3 is 0 Å². The molecule has 0 bridgehead atoms. The van der Waals surface area contributed by atoms with Crippen molar-refractivity contribution < 1.29 is 26.4 Å². The highest BCUT2D eigenvalue weighted by atomic mass is 35.5. The van der Waals surface area contributed by atoms with E-state index >= 15 is 0 Å². The molecule has 0 aromatic heterocycles. The van der Waals surface area contributed by atoms with Crippen LogP contribution in [0.4, 0.5) is 0 Å². The zero-order valence-corrected chi connectivity index (χ0v) is 19.6. The molecule has 3 rings (SSSR count). The van der Waals surface area contributed by atoms with Crippen molar-refractivity contribution in [3.8, 4) is 0 Å². The molecule has 31 heavy (non-hydrogen) atoms. The summed E-state index contributed by atoms with van der Waals surface area (Å²) in [5.41, 5.74) is 0.113. The zero-order chi connectivity index (χ0) is 22.5. The molecule has 2 fully saturated rings. The predicted octanol–water partition coefficient (Wildman–Crippen LogP) is 1.30. The van der Waals surface area contributed by atoms with Gasteiger partial charge in [-0.15, -0.1) is 0 Å². The Balaban J connectivity index is 1.67. The second kappa shape index (κ2) is 10.6. The Kier molecular flexibility index (Phi) is 8.33. The molecule has 1 aromatic carbocycles. The molecule has 2 heterocycles. The smallest absolute Gasteiger partial charge is 0.251 e. The molecule has 2 saturated heterocycles. The number of sulfonamides is 2. The van der Waals surface area contributed by atoms with Crippen molar-refractivity contribution in [2.24, 2.45) is 0 Å². The van der Waals surface area contributed by atoms with E-state index in [9.17, 15) is 21.6 Å². The molecule has 0 aliphatic carbocycles. The third-order valence-corrected chi connectivity index (χ3v) is 9.64. The van der Waals surface area contributed by atoms with Gasteiger partial charge in [0.05, 0.1) is 24.0 Å². The average Bonchev–Trinajstić information content (AvgIpc) is 3.04. The van der Waals surface area contributed by atoms with Crippen LogP contribution in [0.1, 0.15) is 36.0 Å². The Labute approximate surface area is 188 Å². The van der Waals surface area contributed by atoms with Crippen LogP contribution in [0.25, 0.3) is 0 Å². The SMILES string of the molecule is O=C(NCCS(=O)(=O)N1CCOCC1)c1ccc(Cl)c(S(=O)(=O)N2CCCCCC2)c1. The largest absolute Gasteiger partial charge is 0.379 e. The average molecular weight is 494 g/mol. The van der Waals surface area contributed by atoms with E-state index in [0.717, 1.165) is 25.7 Å². The third kappa shape index (κ3) is 6.17. The Morgan fingerprint density at radius 1 is 0.968 bits per heavy atom. The van der Waals surface area contributed by atoms with E-state index in [2.05, 4.69) is 5.32 Å². The normalized spacial score (nSPS) is 19.6. The van der Waals surface area contributed by atoms with Gasteiger partial charge in [0, 0.05) is 38.3 Å². The van der Waals surface area contributed by atoms with E-state index in [4.69, 9.17) is 16.3 Å². The van der Waals surface area contributed by atoms with E-state index < -0.39 is 26.0 Å². The highest BCUT2D eigenvalue weighted by molar-refractivity contribution is 7.89. The van der Waals surface area contributed by atoms with Crippen LogP contribution in [0.3, 0.4) is 0 Å². The topological polar surface area (TPSA) is 113 Å². The molecule has 1 amide bonds. The predicted molar refractivity (Wildman–Crippen MR) is 117 cm³/mol. The van der Waals surface area contributed by atoms with Gasteiger partial charge in [0.1, 0.15) is 4.90 Å². The molecular formula is C19H28ClN3O6S2. The van der Waals surface area contributed by atoms with Crippen LogP contribution in [-0.4, -0.2) is 83.0 Å². The summed E-state index contributed by atoms with van der Waals surface area (Å²) in [6.07, 6.45) is 3.54. The Morgan fingerprint density at radius 3 is 2.26 bits per heavy atom. The number of rotatable bonds is 7. The fourth-order valence-electron chi connectivity index (χ4n) is 3.61. The fraction of sp³-hybridized carbons (Fsp3) is 0.632. The Hall–Kier alpha value is -1.24. The van der Waals surface area contributed by atoms with Crippen LogP contribution in [0.2, 0.25) is 5.02 Å². The molecule has 0 saturated carbocycles. The van der Waals surface area contributed by atoms with Gasteiger partial charge in [-0.25, -0.2) is 16.8 Å². The van der Waals surface area contributed by atoms with Gasteiger partial charge in [-0.05, 0) is 31.0 Å². The van der Waals surface area contributed by atoms with Gasteiger partial charge < -0.3 is 10.1 Å². The number of amides is 1. The Bertz CT molecular complexity index is 986. The minimum atomic E-state index is -3.82. The first kappa shape index (κ1) is 24.4.